The number of rotatable bonds is 3. The van der Waals surface area contributed by atoms with Gasteiger partial charge < -0.3 is 0 Å². The predicted molar refractivity (Wildman–Crippen MR) is 77.6 cm³/mol. The molecule has 0 atom stereocenters. The second-order valence-electron chi connectivity index (χ2n) is 3.20. The molecule has 0 fully saturated rings. The van der Waals surface area contributed by atoms with Crippen LogP contribution in [-0.2, 0) is 6.54 Å². The van der Waals surface area contributed by atoms with Crippen molar-refractivity contribution in [2.24, 2.45) is 0 Å². The lowest BCUT2D eigenvalue weighted by molar-refractivity contribution is 0.0974. The van der Waals surface area contributed by atoms with Crippen molar-refractivity contribution >= 4 is 55.6 Å². The fourth-order valence-corrected chi connectivity index (χ4v) is 3.02. The van der Waals surface area contributed by atoms with Gasteiger partial charge in [-0.05, 0) is 50.7 Å². The predicted octanol–water partition coefficient (Wildman–Crippen LogP) is 2.55. The Morgan fingerprint density at radius 2 is 2.29 bits per heavy atom. The quantitative estimate of drug-likeness (QED) is 0.562. The second kappa shape index (κ2) is 5.40. The van der Waals surface area contributed by atoms with Gasteiger partial charge in [-0.2, -0.15) is 0 Å². The highest BCUT2D eigenvalue weighted by atomic mass is 127. The van der Waals surface area contributed by atoms with Crippen LogP contribution in [0, 0.1) is 3.57 Å². The number of halogens is 2. The Bertz CT molecular complexity index is 623. The zero-order valence-electron chi connectivity index (χ0n) is 8.39. The summed E-state index contributed by atoms with van der Waals surface area (Å²) in [4.78, 5) is 28.1. The number of nitrogens with zero attached hydrogens (tertiary/aromatic N) is 2. The van der Waals surface area contributed by atoms with Crippen molar-refractivity contribution in [1.29, 1.82) is 0 Å². The fraction of sp³-hybridized carbons (Fsp3) is 0.100. The van der Waals surface area contributed by atoms with E-state index >= 15 is 0 Å². The minimum absolute atomic E-state index is 0.0234. The highest BCUT2D eigenvalue weighted by Crippen LogP contribution is 2.22. The maximum atomic E-state index is 11.9. The van der Waals surface area contributed by atoms with Crippen molar-refractivity contribution in [3.05, 3.63) is 47.2 Å². The molecule has 0 radical (unpaired) electrons. The summed E-state index contributed by atoms with van der Waals surface area (Å²) < 4.78 is 2.72. The lowest BCUT2D eigenvalue weighted by Gasteiger charge is -2.02. The molecule has 7 heteroatoms. The van der Waals surface area contributed by atoms with Crippen LogP contribution in [0.5, 0.6) is 0 Å². The lowest BCUT2D eigenvalue weighted by Crippen LogP contribution is -2.25. The first-order valence-electron chi connectivity index (χ1n) is 4.56. The number of hydrogen-bond acceptors (Lipinski definition) is 4. The van der Waals surface area contributed by atoms with Gasteiger partial charge in [0, 0.05) is 6.20 Å². The third-order valence-electron chi connectivity index (χ3n) is 2.02. The summed E-state index contributed by atoms with van der Waals surface area (Å²) in [6, 6.07) is 3.55. The van der Waals surface area contributed by atoms with Crippen molar-refractivity contribution in [2.45, 2.75) is 6.54 Å². The highest BCUT2D eigenvalue weighted by Gasteiger charge is 2.11. The first kappa shape index (κ1) is 12.9. The molecule has 0 bridgehead atoms. The second-order valence-corrected chi connectivity index (χ2v) is 6.83. The van der Waals surface area contributed by atoms with Crippen molar-refractivity contribution in [3.63, 3.8) is 0 Å². The van der Waals surface area contributed by atoms with Crippen molar-refractivity contribution in [3.8, 4) is 0 Å². The molecule has 0 aromatic carbocycles. The molecule has 2 aromatic rings. The summed E-state index contributed by atoms with van der Waals surface area (Å²) in [5.74, 6) is -0.0911. The molecule has 2 heterocycles. The Morgan fingerprint density at radius 3 is 2.94 bits per heavy atom. The van der Waals surface area contributed by atoms with Crippen molar-refractivity contribution in [2.75, 3.05) is 0 Å². The maximum absolute atomic E-state index is 11.9. The van der Waals surface area contributed by atoms with Gasteiger partial charge >= 0.3 is 0 Å². The van der Waals surface area contributed by atoms with Gasteiger partial charge in [0.05, 0.1) is 25.1 Å². The number of aromatic nitrogens is 2. The minimum atomic E-state index is -0.190. The first-order valence-corrected chi connectivity index (χ1v) is 7.25. The Balaban J connectivity index is 2.25. The lowest BCUT2D eigenvalue weighted by atomic mass is 10.3. The van der Waals surface area contributed by atoms with Crippen LogP contribution in [-0.4, -0.2) is 15.3 Å². The molecule has 0 aliphatic carbocycles. The van der Waals surface area contributed by atoms with Crippen LogP contribution in [0.25, 0.3) is 0 Å². The van der Waals surface area contributed by atoms with E-state index in [0.717, 1.165) is 3.79 Å². The Labute approximate surface area is 123 Å². The molecule has 0 N–H and O–H groups in total. The van der Waals surface area contributed by atoms with Crippen LogP contribution in [0.4, 0.5) is 0 Å². The summed E-state index contributed by atoms with van der Waals surface area (Å²) in [5, 5.41) is 0. The number of carbonyl (C=O) groups is 1. The van der Waals surface area contributed by atoms with Crippen LogP contribution in [0.3, 0.4) is 0 Å². The van der Waals surface area contributed by atoms with E-state index in [0.29, 0.717) is 8.45 Å². The van der Waals surface area contributed by atoms with Gasteiger partial charge in [0.15, 0.2) is 5.78 Å². The molecular weight excluding hydrogens is 419 g/mol. The van der Waals surface area contributed by atoms with E-state index in [1.54, 1.807) is 6.07 Å². The first-order chi connectivity index (χ1) is 8.08. The number of carbonyl (C=O) groups excluding carboxylic acids is 1. The van der Waals surface area contributed by atoms with E-state index < -0.39 is 0 Å². The molecule has 0 saturated heterocycles. The normalized spacial score (nSPS) is 10.5. The molecule has 4 nitrogen and oxygen atoms in total. The maximum Gasteiger partial charge on any atom is 0.267 e. The topological polar surface area (TPSA) is 52.0 Å². The number of Topliss-reactive ketones (excluding diaryl/α,β-unsaturated/α-hetero) is 1. The Kier molecular flexibility index (Phi) is 4.10. The van der Waals surface area contributed by atoms with Crippen LogP contribution < -0.4 is 5.56 Å². The van der Waals surface area contributed by atoms with E-state index in [-0.39, 0.29) is 17.9 Å². The average molecular weight is 425 g/mol. The SMILES string of the molecule is O=C(Cn1cncc(I)c1=O)c1ccc(Br)s1. The molecule has 88 valence electrons. The number of thiophene rings is 1. The fourth-order valence-electron chi connectivity index (χ4n) is 1.23. The Morgan fingerprint density at radius 1 is 1.53 bits per heavy atom. The molecule has 17 heavy (non-hydrogen) atoms. The van der Waals surface area contributed by atoms with E-state index in [2.05, 4.69) is 20.9 Å². The summed E-state index contributed by atoms with van der Waals surface area (Å²) in [6.07, 6.45) is 2.86. The van der Waals surface area contributed by atoms with E-state index in [1.807, 2.05) is 28.7 Å². The summed E-state index contributed by atoms with van der Waals surface area (Å²) in [7, 11) is 0. The molecule has 0 spiro atoms. The van der Waals surface area contributed by atoms with Crippen LogP contribution >= 0.6 is 49.9 Å². The van der Waals surface area contributed by atoms with Crippen molar-refractivity contribution < 1.29 is 4.79 Å². The van der Waals surface area contributed by atoms with E-state index in [4.69, 9.17) is 0 Å². The molecule has 2 rings (SSSR count). The number of ketones is 1. The standard InChI is InChI=1S/C10H6BrIN2O2S/c11-9-2-1-8(17-9)7(15)4-14-5-13-3-6(12)10(14)16/h1-3,5H,4H2. The molecule has 0 saturated carbocycles. The van der Waals surface area contributed by atoms with Crippen molar-refractivity contribution in [1.82, 2.24) is 9.55 Å². The van der Waals surface area contributed by atoms with Gasteiger partial charge in [-0.15, -0.1) is 11.3 Å². The molecule has 0 aliphatic rings. The van der Waals surface area contributed by atoms with Gasteiger partial charge in [-0.1, -0.05) is 0 Å². The van der Waals surface area contributed by atoms with Gasteiger partial charge in [-0.25, -0.2) is 4.98 Å². The molecule has 0 amide bonds. The molecular formula is C10H6BrIN2O2S. The third-order valence-corrected chi connectivity index (χ3v) is 4.43. The molecule has 0 aliphatic heterocycles. The zero-order chi connectivity index (χ0) is 12.4. The third kappa shape index (κ3) is 3.02. The molecule has 0 unspecified atom stereocenters. The molecule has 2 aromatic heterocycles. The van der Waals surface area contributed by atoms with E-state index in [1.165, 1.54) is 28.4 Å². The number of hydrogen-bond donors (Lipinski definition) is 0. The van der Waals surface area contributed by atoms with E-state index in [9.17, 15) is 9.59 Å². The van der Waals surface area contributed by atoms with Gasteiger partial charge in [0.1, 0.15) is 0 Å². The smallest absolute Gasteiger partial charge is 0.267 e. The summed E-state index contributed by atoms with van der Waals surface area (Å²) >= 11 is 6.55. The summed E-state index contributed by atoms with van der Waals surface area (Å²) in [5.41, 5.74) is -0.190. The average Bonchev–Trinajstić information content (AvgIpc) is 2.72. The largest absolute Gasteiger partial charge is 0.291 e. The Hall–Kier alpha value is -0.540. The van der Waals surface area contributed by atoms with Gasteiger partial charge in [0.2, 0.25) is 0 Å². The van der Waals surface area contributed by atoms with Crippen LogP contribution in [0.2, 0.25) is 0 Å². The van der Waals surface area contributed by atoms with Gasteiger partial charge in [0.25, 0.3) is 5.56 Å². The van der Waals surface area contributed by atoms with Crippen LogP contribution in [0.1, 0.15) is 9.67 Å². The zero-order valence-corrected chi connectivity index (χ0v) is 13.0. The van der Waals surface area contributed by atoms with Gasteiger partial charge in [-0.3, -0.25) is 14.2 Å². The highest BCUT2D eigenvalue weighted by molar-refractivity contribution is 14.1. The monoisotopic (exact) mass is 424 g/mol. The minimum Gasteiger partial charge on any atom is -0.291 e. The van der Waals surface area contributed by atoms with Crippen LogP contribution in [0.15, 0.2) is 33.2 Å². The summed E-state index contributed by atoms with van der Waals surface area (Å²) in [6.45, 7) is 0.0234.